The Balaban J connectivity index is 0.000000102. The smallest absolute Gasteiger partial charge is 0.125 e. The lowest BCUT2D eigenvalue weighted by molar-refractivity contribution is 0.629. The fraction of sp³-hybridized carbons (Fsp3) is 0.0354. The number of rotatable bonds is 7. The summed E-state index contributed by atoms with van der Waals surface area (Å²) in [6.45, 7) is 8.56. The monoisotopic (exact) mass is 1900 g/mol. The number of thiazole rings is 1. The Kier molecular flexibility index (Phi) is 24.3. The Morgan fingerprint density at radius 2 is 0.765 bits per heavy atom. The van der Waals surface area contributed by atoms with E-state index in [0.29, 0.717) is 10.5 Å². The molecule has 12 aromatic carbocycles. The van der Waals surface area contributed by atoms with Gasteiger partial charge >= 0.3 is 0 Å². The maximum absolute atomic E-state index is 13.4. The van der Waals surface area contributed by atoms with E-state index in [0.717, 1.165) is 175 Å². The normalized spacial score (nSPS) is 11.1. The molecule has 636 valence electrons. The Morgan fingerprint density at radius 1 is 0.326 bits per heavy atom. The van der Waals surface area contributed by atoms with E-state index in [-0.39, 0.29) is 18.2 Å². The number of halogens is 5. The summed E-state index contributed by atoms with van der Waals surface area (Å²) in [4.78, 5) is 53.9. The minimum atomic E-state index is -0.286. The Bertz CT molecular complexity index is 8810. The molecule has 0 aliphatic heterocycles. The quantitative estimate of drug-likeness (QED) is 0.0858. The number of hydrogen-bond acceptors (Lipinski definition) is 8. The van der Waals surface area contributed by atoms with E-state index in [1.165, 1.54) is 82.8 Å². The highest BCUT2D eigenvalue weighted by Gasteiger charge is 2.19. The van der Waals surface area contributed by atoms with Crippen LogP contribution in [0.5, 0.6) is 0 Å². The van der Waals surface area contributed by atoms with Gasteiger partial charge in [-0.25, -0.2) is 34.3 Å². The van der Waals surface area contributed by atoms with Gasteiger partial charge in [0.25, 0.3) is 0 Å². The van der Waals surface area contributed by atoms with Crippen LogP contribution in [0.3, 0.4) is 0 Å². The van der Waals surface area contributed by atoms with Gasteiger partial charge in [0, 0.05) is 190 Å². The van der Waals surface area contributed by atoms with Gasteiger partial charge in [0.15, 0.2) is 0 Å². The van der Waals surface area contributed by atoms with Gasteiger partial charge in [-0.05, 0) is 191 Å². The second-order valence-corrected chi connectivity index (χ2v) is 34.8. The Hall–Kier alpha value is -15.4. The maximum atomic E-state index is 13.4. The van der Waals surface area contributed by atoms with Crippen molar-refractivity contribution < 1.29 is 4.39 Å². The summed E-state index contributed by atoms with van der Waals surface area (Å²) in [5.74, 6) is 5.08. The number of benzene rings is 12. The molecule has 0 spiro atoms. The second kappa shape index (κ2) is 37.3. The van der Waals surface area contributed by atoms with Crippen LogP contribution < -0.4 is 0 Å². The van der Waals surface area contributed by atoms with Crippen LogP contribution in [0, 0.1) is 58.2 Å². The van der Waals surface area contributed by atoms with E-state index in [2.05, 4.69) is 269 Å². The molecule has 0 unspecified atom stereocenters. The van der Waals surface area contributed by atoms with Crippen LogP contribution >= 0.6 is 67.2 Å². The molecule has 13 aromatic heterocycles. The van der Waals surface area contributed by atoms with E-state index in [9.17, 15) is 4.39 Å². The van der Waals surface area contributed by atoms with Crippen LogP contribution in [-0.2, 0) is 0 Å². The molecule has 0 aliphatic rings. The molecule has 13 heterocycles. The van der Waals surface area contributed by atoms with Crippen LogP contribution in [-0.4, -0.2) is 64.8 Å². The number of para-hydroxylation sites is 9. The minimum absolute atomic E-state index is 0. The van der Waals surface area contributed by atoms with Gasteiger partial charge in [0.2, 0.25) is 0 Å². The zero-order valence-electron chi connectivity index (χ0n) is 71.5. The molecular weight excluding hydrogens is 1820 g/mol. The van der Waals surface area contributed by atoms with Crippen molar-refractivity contribution in [1.29, 1.82) is 0 Å². The van der Waals surface area contributed by atoms with Crippen molar-refractivity contribution in [3.63, 3.8) is 0 Å². The lowest BCUT2D eigenvalue weighted by atomic mass is 10.0. The van der Waals surface area contributed by atoms with Gasteiger partial charge in [-0.3, -0.25) is 4.98 Å². The first-order valence-electron chi connectivity index (χ1n) is 42.4. The first-order chi connectivity index (χ1) is 64.1. The molecule has 0 saturated heterocycles. The highest BCUT2D eigenvalue weighted by molar-refractivity contribution is 9.11. The molecule has 0 fully saturated rings. The lowest BCUT2D eigenvalue weighted by Gasteiger charge is -2.06. The second-order valence-electron chi connectivity index (χ2n) is 31.8. The Labute approximate surface area is 790 Å². The first-order valence-corrected chi connectivity index (χ1v) is 45.3. The number of H-pyrrole nitrogens is 6. The summed E-state index contributed by atoms with van der Waals surface area (Å²) in [5.41, 5.74) is 34.1. The standard InChI is InChI=1S/C21H15N3S.C19H15BrN2.C19H11ClN2.C19H11FN2.C18H14N2.C17H11BrN2.ClH/c1-13-4-2-6-16-17(10-23-21(13)16)19-9-8-14-15(20-11-22-12-25-20)5-3-7-18(14)24-19;1-11-6-8-14-15(10-21-18(14)12(11)2)17-9-7-13-4-3-5-16(20)19(13)22-17;1-2-12-5-3-7-14-15(11-21-18(12)14)17-10-9-13-6-4-8-16(20)19(13)22-17;1-2-12-4-3-5-15-16(11-21-19(12)15)17-9-7-13-6-8-14(20)10-18(13)22-17;1-12-10-18(20-17-9-5-2-6-13(12)17)15-11-19-16-8-4-3-7-14(15)16;18-14-6-3-5-12-13(10-19-17(12)14)16-9-8-11-4-1-2-7-15(11)20-16;/h2-12,23H,1H3;3-10,21H,1-2H3;2*1,3-11,21H;2-11,19H,1H3;1-10,19H;1H. The number of terminal acetylenes is 2. The average Bonchev–Trinajstić information content (AvgIpc) is 1.64. The average molecular weight is 1900 g/mol. The summed E-state index contributed by atoms with van der Waals surface area (Å²) in [5, 5.41) is 14.2. The summed E-state index contributed by atoms with van der Waals surface area (Å²) in [6.07, 6.45) is 25.0. The first kappa shape index (κ1) is 86.0. The molecule has 0 aliphatic carbocycles. The molecule has 0 atom stereocenters. The van der Waals surface area contributed by atoms with Crippen LogP contribution in [0.1, 0.15) is 33.4 Å². The van der Waals surface area contributed by atoms with E-state index >= 15 is 0 Å². The molecule has 25 aromatic rings. The molecule has 0 amide bonds. The molecule has 19 heteroatoms. The van der Waals surface area contributed by atoms with Crippen molar-refractivity contribution in [3.8, 4) is 103 Å². The largest absolute Gasteiger partial charge is 0.360 e. The van der Waals surface area contributed by atoms with E-state index in [1.807, 2.05) is 170 Å². The topological polar surface area (TPSA) is 185 Å². The molecule has 132 heavy (non-hydrogen) atoms. The summed E-state index contributed by atoms with van der Waals surface area (Å²) < 4.78 is 15.5. The van der Waals surface area contributed by atoms with Gasteiger partial charge in [-0.1, -0.05) is 205 Å². The number of aromatic nitrogens is 13. The number of aryl methyl sites for hydroxylation is 4. The highest BCUT2D eigenvalue weighted by Crippen LogP contribution is 2.40. The van der Waals surface area contributed by atoms with Crippen molar-refractivity contribution in [3.05, 3.63) is 399 Å². The SMILES string of the molecule is Brc1cccc2c(-c3ccc4ccccc4n3)c[nH]c12.C#Cc1cccc2c(-c3ccc4ccc(F)cc4n3)c[nH]c12.C#Cc1cccc2c(-c3ccc4cccc(Cl)c4n3)c[nH]c12.Cc1cc(-c2c[nH]c3ccccc23)nc2ccccc12.Cc1ccc2c(-c3ccc4cccc(Br)c4n3)c[nH]c2c1C.Cc1cccc2c(-c3ccc4c(-c5cncs5)cccc4n3)c[nH]c12.Cl. The third-order valence-corrected chi connectivity index (χ3v) is 26.3. The van der Waals surface area contributed by atoms with E-state index in [4.69, 9.17) is 49.4 Å². The number of nitrogens with zero attached hydrogens (tertiary/aromatic N) is 7. The summed E-state index contributed by atoms with van der Waals surface area (Å²) in [7, 11) is 0. The zero-order chi connectivity index (χ0) is 89.3. The highest BCUT2D eigenvalue weighted by atomic mass is 79.9. The molecular formula is C113H78Br2Cl2FN13S. The molecule has 13 nitrogen and oxygen atoms in total. The number of nitrogens with one attached hydrogen (secondary N) is 6. The Morgan fingerprint density at radius 3 is 1.44 bits per heavy atom. The number of fused-ring (bicyclic) bond motifs is 12. The van der Waals surface area contributed by atoms with Crippen molar-refractivity contribution in [1.82, 2.24) is 64.8 Å². The van der Waals surface area contributed by atoms with Gasteiger partial charge in [-0.2, -0.15) is 0 Å². The molecule has 0 radical (unpaired) electrons. The van der Waals surface area contributed by atoms with Crippen LogP contribution in [0.15, 0.2) is 355 Å². The number of hydrogen-bond donors (Lipinski definition) is 6. The van der Waals surface area contributed by atoms with Crippen LogP contribution in [0.4, 0.5) is 4.39 Å². The lowest BCUT2D eigenvalue weighted by Crippen LogP contribution is -1.87. The van der Waals surface area contributed by atoms with Gasteiger partial charge in [0.1, 0.15) is 5.82 Å². The fourth-order valence-corrected chi connectivity index (χ4v) is 18.9. The van der Waals surface area contributed by atoms with Crippen molar-refractivity contribution >= 4 is 198 Å². The van der Waals surface area contributed by atoms with Gasteiger partial charge in [0.05, 0.1) is 99.2 Å². The van der Waals surface area contributed by atoms with Crippen molar-refractivity contribution in [2.24, 2.45) is 0 Å². The van der Waals surface area contributed by atoms with E-state index < -0.39 is 0 Å². The van der Waals surface area contributed by atoms with Crippen LogP contribution in [0.25, 0.3) is 209 Å². The zero-order valence-corrected chi connectivity index (χ0v) is 77.1. The van der Waals surface area contributed by atoms with Crippen LogP contribution in [0.2, 0.25) is 5.02 Å². The molecule has 6 N–H and O–H groups in total. The fourth-order valence-electron chi connectivity index (χ4n) is 17.1. The summed E-state index contributed by atoms with van der Waals surface area (Å²) in [6, 6.07) is 99.0. The van der Waals surface area contributed by atoms with Gasteiger partial charge < -0.3 is 29.9 Å². The van der Waals surface area contributed by atoms with Crippen molar-refractivity contribution in [2.75, 3.05) is 0 Å². The number of aromatic amines is 6. The molecule has 0 bridgehead atoms. The minimum Gasteiger partial charge on any atom is -0.360 e. The van der Waals surface area contributed by atoms with Gasteiger partial charge in [-0.15, -0.1) is 36.6 Å². The predicted molar refractivity (Wildman–Crippen MR) is 558 cm³/mol. The molecule has 0 saturated carbocycles. The third-order valence-electron chi connectivity index (χ3n) is 23.9. The van der Waals surface area contributed by atoms with Crippen molar-refractivity contribution in [2.45, 2.75) is 27.7 Å². The predicted octanol–water partition coefficient (Wildman–Crippen LogP) is 31.4. The molecule has 25 rings (SSSR count). The summed E-state index contributed by atoms with van der Waals surface area (Å²) >= 11 is 15.1. The third kappa shape index (κ3) is 16.9. The van der Waals surface area contributed by atoms with E-state index in [1.54, 1.807) is 17.4 Å². The number of pyridine rings is 6. The maximum Gasteiger partial charge on any atom is 0.125 e.